The lowest BCUT2D eigenvalue weighted by molar-refractivity contribution is 0.102. The molecule has 0 bridgehead atoms. The van der Waals surface area contributed by atoms with Crippen LogP contribution in [0.25, 0.3) is 0 Å². The number of carbonyl (C=O) groups excluding carboxylic acids is 1. The van der Waals surface area contributed by atoms with Gasteiger partial charge in [0.1, 0.15) is 5.75 Å². The van der Waals surface area contributed by atoms with Crippen LogP contribution in [0.5, 0.6) is 5.75 Å². The summed E-state index contributed by atoms with van der Waals surface area (Å²) in [4.78, 5) is 12.0. The molecule has 0 spiro atoms. The van der Waals surface area contributed by atoms with Crippen LogP contribution in [0.2, 0.25) is 0 Å². The smallest absolute Gasteiger partial charge is 0.256 e. The number of hydrogen-bond donors (Lipinski definition) is 1. The van der Waals surface area contributed by atoms with Gasteiger partial charge in [-0.2, -0.15) is 0 Å². The van der Waals surface area contributed by atoms with Crippen molar-refractivity contribution in [1.29, 1.82) is 0 Å². The Morgan fingerprint density at radius 2 is 2.22 bits per heavy atom. The van der Waals surface area contributed by atoms with Crippen molar-refractivity contribution in [2.45, 2.75) is 0 Å². The van der Waals surface area contributed by atoms with Crippen LogP contribution in [0.3, 0.4) is 0 Å². The number of ether oxygens (including phenoxy) is 1. The first-order valence-electron chi connectivity index (χ1n) is 4.99. The third kappa shape index (κ3) is 3.24. The summed E-state index contributed by atoms with van der Waals surface area (Å²) in [6, 6.07) is 7.30. The molecule has 18 heavy (non-hydrogen) atoms. The van der Waals surface area contributed by atoms with E-state index in [1.165, 1.54) is 0 Å². The molecule has 0 aliphatic heterocycles. The lowest BCUT2D eigenvalue weighted by atomic mass is 10.2. The van der Waals surface area contributed by atoms with Crippen molar-refractivity contribution in [2.75, 3.05) is 12.4 Å². The summed E-state index contributed by atoms with van der Waals surface area (Å²) >= 11 is 7.11. The highest BCUT2D eigenvalue weighted by molar-refractivity contribution is 14.1. The van der Waals surface area contributed by atoms with E-state index in [4.69, 9.17) is 4.74 Å². The van der Waals surface area contributed by atoms with E-state index < -0.39 is 0 Å². The van der Waals surface area contributed by atoms with Gasteiger partial charge in [0.15, 0.2) is 0 Å². The van der Waals surface area contributed by atoms with Crippen LogP contribution < -0.4 is 10.1 Å². The molecular weight excluding hydrogens is 429 g/mol. The van der Waals surface area contributed by atoms with Gasteiger partial charge in [0.25, 0.3) is 5.91 Å². The molecule has 6 heteroatoms. The van der Waals surface area contributed by atoms with E-state index in [0.717, 1.165) is 7.36 Å². The number of amides is 1. The van der Waals surface area contributed by atoms with Gasteiger partial charge in [-0.3, -0.25) is 4.79 Å². The number of methoxy groups -OCH3 is 1. The molecule has 2 rings (SSSR count). The predicted octanol–water partition coefficient (Wildman–Crippen LogP) is 4.38. The van der Waals surface area contributed by atoms with Crippen LogP contribution >= 0.6 is 49.9 Å². The number of hydrogen-bond acceptors (Lipinski definition) is 3. The first-order valence-corrected chi connectivity index (χ1v) is 7.74. The zero-order valence-corrected chi connectivity index (χ0v) is 13.9. The Morgan fingerprint density at radius 1 is 1.44 bits per heavy atom. The minimum absolute atomic E-state index is 0.112. The zero-order chi connectivity index (χ0) is 13.1. The van der Waals surface area contributed by atoms with Crippen molar-refractivity contribution in [3.05, 3.63) is 42.6 Å². The molecule has 0 unspecified atom stereocenters. The Bertz CT molecular complexity index is 585. The highest BCUT2D eigenvalue weighted by Gasteiger charge is 2.09. The lowest BCUT2D eigenvalue weighted by Gasteiger charge is -2.07. The molecule has 0 radical (unpaired) electrons. The van der Waals surface area contributed by atoms with Crippen molar-refractivity contribution >= 4 is 61.5 Å². The Kier molecular flexibility index (Phi) is 4.63. The fourth-order valence-electron chi connectivity index (χ4n) is 1.37. The molecule has 94 valence electrons. The number of anilines is 1. The second kappa shape index (κ2) is 6.03. The maximum absolute atomic E-state index is 12.0. The number of halogens is 2. The summed E-state index contributed by atoms with van der Waals surface area (Å²) < 4.78 is 7.12. The van der Waals surface area contributed by atoms with Gasteiger partial charge in [0.2, 0.25) is 0 Å². The maximum Gasteiger partial charge on any atom is 0.256 e. The van der Waals surface area contributed by atoms with Gasteiger partial charge in [-0.1, -0.05) is 0 Å². The van der Waals surface area contributed by atoms with Crippen LogP contribution in [0.1, 0.15) is 10.4 Å². The van der Waals surface area contributed by atoms with Crippen molar-refractivity contribution < 1.29 is 9.53 Å². The standard InChI is InChI=1S/C12H9BrINO2S/c1-17-10-5-8(2-3-9(10)13)15-12(16)7-4-11(14)18-6-7/h2-6H,1H3,(H,15,16). The van der Waals surface area contributed by atoms with Crippen molar-refractivity contribution in [3.8, 4) is 5.75 Å². The van der Waals surface area contributed by atoms with Crippen molar-refractivity contribution in [1.82, 2.24) is 0 Å². The van der Waals surface area contributed by atoms with E-state index in [9.17, 15) is 4.79 Å². The first-order chi connectivity index (χ1) is 8.60. The number of benzene rings is 1. The molecule has 1 N–H and O–H groups in total. The van der Waals surface area contributed by atoms with E-state index in [0.29, 0.717) is 17.0 Å². The number of thiophene rings is 1. The maximum atomic E-state index is 12.0. The quantitative estimate of drug-likeness (QED) is 0.723. The highest BCUT2D eigenvalue weighted by atomic mass is 127. The normalized spacial score (nSPS) is 10.2. The minimum Gasteiger partial charge on any atom is -0.495 e. The fourth-order valence-corrected chi connectivity index (χ4v) is 3.10. The summed E-state index contributed by atoms with van der Waals surface area (Å²) in [5, 5.41) is 4.68. The second-order valence-electron chi connectivity index (χ2n) is 3.44. The zero-order valence-electron chi connectivity index (χ0n) is 9.37. The molecule has 0 aliphatic rings. The van der Waals surface area contributed by atoms with Gasteiger partial charge in [0, 0.05) is 17.1 Å². The summed E-state index contributed by atoms with van der Waals surface area (Å²) in [6.07, 6.45) is 0. The van der Waals surface area contributed by atoms with E-state index >= 15 is 0 Å². The summed E-state index contributed by atoms with van der Waals surface area (Å²) in [6.45, 7) is 0. The minimum atomic E-state index is -0.112. The van der Waals surface area contributed by atoms with Crippen molar-refractivity contribution in [2.24, 2.45) is 0 Å². The van der Waals surface area contributed by atoms with Crippen LogP contribution in [0.4, 0.5) is 5.69 Å². The molecule has 3 nitrogen and oxygen atoms in total. The van der Waals surface area contributed by atoms with E-state index in [1.807, 2.05) is 23.6 Å². The topological polar surface area (TPSA) is 38.3 Å². The second-order valence-corrected chi connectivity index (χ2v) is 7.10. The summed E-state index contributed by atoms with van der Waals surface area (Å²) in [5.41, 5.74) is 1.38. The summed E-state index contributed by atoms with van der Waals surface area (Å²) in [7, 11) is 1.59. The molecule has 1 amide bonds. The van der Waals surface area contributed by atoms with Gasteiger partial charge in [-0.25, -0.2) is 0 Å². The van der Waals surface area contributed by atoms with Crippen LogP contribution in [0.15, 0.2) is 34.1 Å². The largest absolute Gasteiger partial charge is 0.495 e. The SMILES string of the molecule is COc1cc(NC(=O)c2csc(I)c2)ccc1Br. The molecule has 1 aromatic heterocycles. The Hall–Kier alpha value is -0.600. The van der Waals surface area contributed by atoms with E-state index in [-0.39, 0.29) is 5.91 Å². The van der Waals surface area contributed by atoms with Gasteiger partial charge >= 0.3 is 0 Å². The van der Waals surface area contributed by atoms with E-state index in [1.54, 1.807) is 24.5 Å². The molecule has 2 aromatic rings. The third-order valence-electron chi connectivity index (χ3n) is 2.24. The number of nitrogens with one attached hydrogen (secondary N) is 1. The van der Waals surface area contributed by atoms with Crippen LogP contribution in [0, 0.1) is 2.88 Å². The first kappa shape index (κ1) is 13.8. The molecular formula is C12H9BrINO2S. The summed E-state index contributed by atoms with van der Waals surface area (Å²) in [5.74, 6) is 0.575. The lowest BCUT2D eigenvalue weighted by Crippen LogP contribution is -2.10. The average Bonchev–Trinajstić information content (AvgIpc) is 2.78. The molecule has 0 aliphatic carbocycles. The monoisotopic (exact) mass is 437 g/mol. The van der Waals surface area contributed by atoms with Crippen LogP contribution in [-0.2, 0) is 0 Å². The molecule has 1 heterocycles. The average molecular weight is 438 g/mol. The van der Waals surface area contributed by atoms with Crippen molar-refractivity contribution in [3.63, 3.8) is 0 Å². The molecule has 0 saturated carbocycles. The molecule has 0 saturated heterocycles. The predicted molar refractivity (Wildman–Crippen MR) is 85.7 cm³/mol. The molecule has 1 aromatic carbocycles. The van der Waals surface area contributed by atoms with E-state index in [2.05, 4.69) is 43.8 Å². The molecule has 0 fully saturated rings. The van der Waals surface area contributed by atoms with Gasteiger partial charge < -0.3 is 10.1 Å². The number of rotatable bonds is 3. The van der Waals surface area contributed by atoms with Gasteiger partial charge in [-0.15, -0.1) is 11.3 Å². The fraction of sp³-hybridized carbons (Fsp3) is 0.0833. The Balaban J connectivity index is 2.16. The highest BCUT2D eigenvalue weighted by Crippen LogP contribution is 2.28. The Labute approximate surface area is 131 Å². The number of carbonyl (C=O) groups is 1. The third-order valence-corrected chi connectivity index (χ3v) is 4.68. The van der Waals surface area contributed by atoms with Gasteiger partial charge in [0.05, 0.1) is 20.0 Å². The Morgan fingerprint density at radius 3 is 2.83 bits per heavy atom. The van der Waals surface area contributed by atoms with Crippen LogP contribution in [-0.4, -0.2) is 13.0 Å². The van der Waals surface area contributed by atoms with Gasteiger partial charge in [-0.05, 0) is 56.7 Å². The molecule has 0 atom stereocenters.